The van der Waals surface area contributed by atoms with E-state index in [-0.39, 0.29) is 5.91 Å². The maximum Gasteiger partial charge on any atom is 0.253 e. The second-order valence-corrected chi connectivity index (χ2v) is 6.54. The number of nitrogens with zero attached hydrogens (tertiary/aromatic N) is 2. The number of hydrogen-bond donors (Lipinski definition) is 3. The van der Waals surface area contributed by atoms with Gasteiger partial charge in [0.15, 0.2) is 0 Å². The summed E-state index contributed by atoms with van der Waals surface area (Å²) in [6, 6.07) is 7.83. The van der Waals surface area contributed by atoms with Crippen LogP contribution in [0.25, 0.3) is 22.3 Å². The highest BCUT2D eigenvalue weighted by molar-refractivity contribution is 5.99. The Balaban J connectivity index is 0.00000117. The summed E-state index contributed by atoms with van der Waals surface area (Å²) in [5, 5.41) is 6.18. The summed E-state index contributed by atoms with van der Waals surface area (Å²) in [7, 11) is 0. The fourth-order valence-electron chi connectivity index (χ4n) is 3.37. The Kier molecular flexibility index (Phi) is 6.82. The van der Waals surface area contributed by atoms with Gasteiger partial charge in [0.05, 0.1) is 23.4 Å². The Bertz CT molecular complexity index is 996. The van der Waals surface area contributed by atoms with Gasteiger partial charge in [0.2, 0.25) is 0 Å². The molecule has 2 aromatic heterocycles. The van der Waals surface area contributed by atoms with Gasteiger partial charge in [-0.15, -0.1) is 0 Å². The van der Waals surface area contributed by atoms with E-state index in [1.165, 1.54) is 0 Å². The van der Waals surface area contributed by atoms with Crippen LogP contribution >= 0.6 is 0 Å². The smallest absolute Gasteiger partial charge is 0.253 e. The number of benzene rings is 1. The quantitative estimate of drug-likeness (QED) is 0.554. The lowest BCUT2D eigenvalue weighted by atomic mass is 10.1. The number of aryl methyl sites for hydroxylation is 1. The van der Waals surface area contributed by atoms with Crippen LogP contribution < -0.4 is 10.6 Å². The number of fused-ring (bicyclic) bond motifs is 2. The lowest BCUT2D eigenvalue weighted by molar-refractivity contribution is 0.0946. The molecule has 0 unspecified atom stereocenters. The molecule has 1 amide bonds. The van der Waals surface area contributed by atoms with E-state index in [0.717, 1.165) is 45.9 Å². The minimum Gasteiger partial charge on any atom is -0.380 e. The minimum absolute atomic E-state index is 0.0285. The van der Waals surface area contributed by atoms with Crippen LogP contribution in [0.5, 0.6) is 0 Å². The molecule has 1 aromatic carbocycles. The number of carbonyl (C=O) groups excluding carboxylic acids is 1. The molecule has 4 rings (SSSR count). The number of hydrogen-bond acceptors (Lipinski definition) is 5. The number of aromatic nitrogens is 3. The number of aromatic amines is 1. The predicted molar refractivity (Wildman–Crippen MR) is 116 cm³/mol. The fourth-order valence-corrected chi connectivity index (χ4v) is 3.37. The summed E-state index contributed by atoms with van der Waals surface area (Å²) in [5.41, 5.74) is 6.00. The van der Waals surface area contributed by atoms with Crippen molar-refractivity contribution in [2.75, 3.05) is 31.6 Å². The molecule has 3 N–H and O–H groups in total. The highest BCUT2D eigenvalue weighted by atomic mass is 16.5. The Hall–Kier alpha value is -2.93. The topological polar surface area (TPSA) is 91.9 Å². The molecule has 0 fully saturated rings. The first-order chi connectivity index (χ1) is 14.2. The Morgan fingerprint density at radius 2 is 2.03 bits per heavy atom. The van der Waals surface area contributed by atoms with Gasteiger partial charge in [0, 0.05) is 43.1 Å². The van der Waals surface area contributed by atoms with Gasteiger partial charge in [-0.25, -0.2) is 9.97 Å². The van der Waals surface area contributed by atoms with E-state index >= 15 is 0 Å². The van der Waals surface area contributed by atoms with Crippen molar-refractivity contribution in [2.45, 2.75) is 34.1 Å². The number of nitrogens with one attached hydrogen (secondary N) is 3. The molecular weight excluding hydrogens is 366 g/mol. The fraction of sp³-hybridized carbons (Fsp3) is 0.409. The number of H-pyrrole nitrogens is 1. The van der Waals surface area contributed by atoms with Crippen LogP contribution in [0.15, 0.2) is 24.3 Å². The molecule has 0 saturated heterocycles. The normalized spacial score (nSPS) is 12.8. The van der Waals surface area contributed by atoms with Crippen LogP contribution in [-0.2, 0) is 11.2 Å². The third kappa shape index (κ3) is 4.40. The van der Waals surface area contributed by atoms with Gasteiger partial charge < -0.3 is 20.4 Å². The minimum atomic E-state index is -0.0285. The van der Waals surface area contributed by atoms with Gasteiger partial charge in [-0.05, 0) is 26.0 Å². The van der Waals surface area contributed by atoms with Crippen molar-refractivity contribution in [1.82, 2.24) is 20.3 Å². The maximum absolute atomic E-state index is 12.1. The third-order valence-corrected chi connectivity index (χ3v) is 4.71. The summed E-state index contributed by atoms with van der Waals surface area (Å²) in [5.74, 6) is 0.725. The predicted octanol–water partition coefficient (Wildman–Crippen LogP) is 3.69. The highest BCUT2D eigenvalue weighted by Crippen LogP contribution is 2.30. The standard InChI is InChI=1S/C20H23N5O2.C2H6/c1-3-27-10-9-21-19-12(2)23-16-6-4-5-13(18(16)25-19)17-11-14-15(24-17)7-8-22-20(14)26;1-2/h4-6,11,24H,3,7-10H2,1-2H3,(H,21,25)(H,22,26);1-2H3. The largest absolute Gasteiger partial charge is 0.380 e. The lowest BCUT2D eigenvalue weighted by Crippen LogP contribution is -2.31. The number of carbonyl (C=O) groups is 1. The number of amides is 1. The summed E-state index contributed by atoms with van der Waals surface area (Å²) >= 11 is 0. The van der Waals surface area contributed by atoms with Gasteiger partial charge in [-0.3, -0.25) is 4.79 Å². The molecule has 0 bridgehead atoms. The zero-order valence-corrected chi connectivity index (χ0v) is 17.6. The number of para-hydroxylation sites is 1. The van der Waals surface area contributed by atoms with Crippen molar-refractivity contribution in [3.8, 4) is 11.3 Å². The van der Waals surface area contributed by atoms with Gasteiger partial charge in [-0.1, -0.05) is 26.0 Å². The summed E-state index contributed by atoms with van der Waals surface area (Å²) in [4.78, 5) is 25.0. The van der Waals surface area contributed by atoms with Crippen molar-refractivity contribution in [2.24, 2.45) is 0 Å². The van der Waals surface area contributed by atoms with Gasteiger partial charge in [-0.2, -0.15) is 0 Å². The first kappa shape index (κ1) is 20.8. The number of anilines is 1. The molecular formula is C22H29N5O2. The molecule has 29 heavy (non-hydrogen) atoms. The van der Waals surface area contributed by atoms with Crippen LogP contribution in [0.1, 0.15) is 42.5 Å². The average Bonchev–Trinajstić information content (AvgIpc) is 3.18. The van der Waals surface area contributed by atoms with Gasteiger partial charge in [0.1, 0.15) is 11.3 Å². The molecule has 0 spiro atoms. The maximum atomic E-state index is 12.1. The molecule has 7 heteroatoms. The van der Waals surface area contributed by atoms with Gasteiger partial charge in [0.25, 0.3) is 5.91 Å². The summed E-state index contributed by atoms with van der Waals surface area (Å²) < 4.78 is 5.38. The van der Waals surface area contributed by atoms with Crippen LogP contribution in [0, 0.1) is 6.92 Å². The van der Waals surface area contributed by atoms with E-state index in [0.29, 0.717) is 31.9 Å². The third-order valence-electron chi connectivity index (χ3n) is 4.71. The monoisotopic (exact) mass is 395 g/mol. The van der Waals surface area contributed by atoms with E-state index in [2.05, 4.69) is 15.6 Å². The first-order valence-corrected chi connectivity index (χ1v) is 10.3. The zero-order valence-electron chi connectivity index (χ0n) is 17.6. The van der Waals surface area contributed by atoms with Crippen LogP contribution in [0.4, 0.5) is 5.82 Å². The van der Waals surface area contributed by atoms with Crippen molar-refractivity contribution < 1.29 is 9.53 Å². The Labute approximate surface area is 171 Å². The van der Waals surface area contributed by atoms with Crippen molar-refractivity contribution in [3.05, 3.63) is 41.2 Å². The van der Waals surface area contributed by atoms with Crippen LogP contribution in [0.2, 0.25) is 0 Å². The van der Waals surface area contributed by atoms with E-state index in [1.54, 1.807) is 0 Å². The molecule has 0 radical (unpaired) electrons. The second-order valence-electron chi connectivity index (χ2n) is 6.54. The number of ether oxygens (including phenoxy) is 1. The molecule has 0 aliphatic carbocycles. The molecule has 3 aromatic rings. The number of rotatable bonds is 6. The van der Waals surface area contributed by atoms with Crippen LogP contribution in [0.3, 0.4) is 0 Å². The van der Waals surface area contributed by atoms with Gasteiger partial charge >= 0.3 is 0 Å². The van der Waals surface area contributed by atoms with Crippen molar-refractivity contribution in [3.63, 3.8) is 0 Å². The highest BCUT2D eigenvalue weighted by Gasteiger charge is 2.21. The molecule has 1 aliphatic heterocycles. The SMILES string of the molecule is CC.CCOCCNc1nc2c(-c3cc4c([nH]3)CCNC4=O)cccc2nc1C. The molecule has 0 saturated carbocycles. The summed E-state index contributed by atoms with van der Waals surface area (Å²) in [6.45, 7) is 10.6. The van der Waals surface area contributed by atoms with Crippen molar-refractivity contribution in [1.29, 1.82) is 0 Å². The Morgan fingerprint density at radius 1 is 1.21 bits per heavy atom. The molecule has 0 atom stereocenters. The van der Waals surface area contributed by atoms with E-state index in [9.17, 15) is 4.79 Å². The average molecular weight is 396 g/mol. The van der Waals surface area contributed by atoms with Crippen LogP contribution in [-0.4, -0.2) is 47.2 Å². The molecule has 1 aliphatic rings. The van der Waals surface area contributed by atoms with E-state index < -0.39 is 0 Å². The molecule has 7 nitrogen and oxygen atoms in total. The summed E-state index contributed by atoms with van der Waals surface area (Å²) in [6.07, 6.45) is 0.806. The van der Waals surface area contributed by atoms with Crippen molar-refractivity contribution >= 4 is 22.8 Å². The molecule has 154 valence electrons. The van der Waals surface area contributed by atoms with E-state index in [4.69, 9.17) is 14.7 Å². The molecule has 3 heterocycles. The second kappa shape index (κ2) is 9.52. The lowest BCUT2D eigenvalue weighted by Gasteiger charge is -2.11. The first-order valence-electron chi connectivity index (χ1n) is 10.3. The zero-order chi connectivity index (χ0) is 20.8. The van der Waals surface area contributed by atoms with E-state index in [1.807, 2.05) is 52.0 Å². The Morgan fingerprint density at radius 3 is 2.79 bits per heavy atom.